The van der Waals surface area contributed by atoms with E-state index in [-0.39, 0.29) is 0 Å². The number of nitrogens with zero attached hydrogens (tertiary/aromatic N) is 4. The predicted molar refractivity (Wildman–Crippen MR) is 129 cm³/mol. The first kappa shape index (κ1) is 21.2. The van der Waals surface area contributed by atoms with E-state index in [0.717, 1.165) is 43.1 Å². The van der Waals surface area contributed by atoms with Gasteiger partial charge in [0.1, 0.15) is 12.4 Å². The van der Waals surface area contributed by atoms with Gasteiger partial charge < -0.3 is 14.2 Å². The van der Waals surface area contributed by atoms with Crippen molar-refractivity contribution in [2.24, 2.45) is 0 Å². The molecule has 1 aliphatic heterocycles. The Morgan fingerprint density at radius 3 is 2.30 bits per heavy atom. The van der Waals surface area contributed by atoms with Crippen LogP contribution in [0.25, 0.3) is 11.4 Å². The minimum atomic E-state index is 0.545. The number of aryl methyl sites for hydroxylation is 1. The molecule has 0 N–H and O–H groups in total. The van der Waals surface area contributed by atoms with Gasteiger partial charge in [-0.2, -0.15) is 4.98 Å². The topological polar surface area (TPSA) is 54.6 Å². The number of aromatic nitrogens is 2. The van der Waals surface area contributed by atoms with Crippen molar-refractivity contribution in [3.8, 4) is 17.1 Å². The molecule has 1 aliphatic rings. The van der Waals surface area contributed by atoms with Gasteiger partial charge in [0.25, 0.3) is 0 Å². The Morgan fingerprint density at radius 2 is 1.58 bits per heavy atom. The second-order valence-electron chi connectivity index (χ2n) is 8.41. The zero-order chi connectivity index (χ0) is 22.5. The summed E-state index contributed by atoms with van der Waals surface area (Å²) in [5, 5.41) is 4.18. The molecule has 0 unspecified atom stereocenters. The van der Waals surface area contributed by atoms with Crippen LogP contribution >= 0.6 is 0 Å². The number of piperazine rings is 1. The minimum Gasteiger partial charge on any atom is -0.489 e. The van der Waals surface area contributed by atoms with Gasteiger partial charge >= 0.3 is 0 Å². The number of hydrogen-bond acceptors (Lipinski definition) is 6. The second-order valence-corrected chi connectivity index (χ2v) is 8.41. The molecule has 3 aromatic carbocycles. The summed E-state index contributed by atoms with van der Waals surface area (Å²) in [5.41, 5.74) is 4.64. The van der Waals surface area contributed by atoms with E-state index in [1.54, 1.807) is 0 Å². The summed E-state index contributed by atoms with van der Waals surface area (Å²) in [6.45, 7) is 7.27. The third-order valence-corrected chi connectivity index (χ3v) is 5.96. The fourth-order valence-electron chi connectivity index (χ4n) is 3.99. The minimum absolute atomic E-state index is 0.545. The molecular weight excluding hydrogens is 412 g/mol. The van der Waals surface area contributed by atoms with Crippen LogP contribution in [0.1, 0.15) is 17.0 Å². The maximum atomic E-state index is 5.86. The molecule has 0 bridgehead atoms. The van der Waals surface area contributed by atoms with Crippen LogP contribution in [-0.2, 0) is 13.2 Å². The van der Waals surface area contributed by atoms with Crippen molar-refractivity contribution in [1.82, 2.24) is 15.0 Å². The zero-order valence-corrected chi connectivity index (χ0v) is 18.9. The molecule has 1 aromatic heterocycles. The predicted octanol–water partition coefficient (Wildman–Crippen LogP) is 4.95. The van der Waals surface area contributed by atoms with Crippen LogP contribution in [0.4, 0.5) is 5.69 Å². The van der Waals surface area contributed by atoms with Gasteiger partial charge in [0, 0.05) is 37.4 Å². The molecule has 1 saturated heterocycles. The van der Waals surface area contributed by atoms with Crippen molar-refractivity contribution < 1.29 is 9.26 Å². The highest BCUT2D eigenvalue weighted by atomic mass is 16.5. The maximum Gasteiger partial charge on any atom is 0.241 e. The van der Waals surface area contributed by atoms with Gasteiger partial charge in [0.05, 0.1) is 6.54 Å². The number of ether oxygens (including phenoxy) is 1. The summed E-state index contributed by atoms with van der Waals surface area (Å²) >= 11 is 0. The van der Waals surface area contributed by atoms with Gasteiger partial charge in [-0.15, -0.1) is 0 Å². The summed E-state index contributed by atoms with van der Waals surface area (Å²) in [7, 11) is 0. The average Bonchev–Trinajstić information content (AvgIpc) is 3.33. The SMILES string of the molecule is Cc1ccc(N2CCN(Cc3nc(-c4ccc(OCc5ccccc5)cc4)no3)CC2)cc1. The highest BCUT2D eigenvalue weighted by Gasteiger charge is 2.19. The fraction of sp³-hybridized carbons (Fsp3) is 0.259. The Balaban J connectivity index is 1.13. The van der Waals surface area contributed by atoms with Crippen LogP contribution < -0.4 is 9.64 Å². The van der Waals surface area contributed by atoms with Gasteiger partial charge in [0.2, 0.25) is 11.7 Å². The molecule has 5 rings (SSSR count). The molecule has 0 atom stereocenters. The van der Waals surface area contributed by atoms with E-state index in [9.17, 15) is 0 Å². The summed E-state index contributed by atoms with van der Waals surface area (Å²) in [4.78, 5) is 9.40. The number of hydrogen-bond donors (Lipinski definition) is 0. The third kappa shape index (κ3) is 5.41. The van der Waals surface area contributed by atoms with Crippen LogP contribution in [0.5, 0.6) is 5.75 Å². The zero-order valence-electron chi connectivity index (χ0n) is 18.9. The molecule has 0 radical (unpaired) electrons. The second kappa shape index (κ2) is 9.88. The highest BCUT2D eigenvalue weighted by Crippen LogP contribution is 2.22. The average molecular weight is 441 g/mol. The Bertz CT molecular complexity index is 1150. The molecule has 0 aliphatic carbocycles. The molecule has 6 nitrogen and oxygen atoms in total. The van der Waals surface area contributed by atoms with Crippen LogP contribution in [-0.4, -0.2) is 41.2 Å². The maximum absolute atomic E-state index is 5.86. The Hall–Kier alpha value is -3.64. The van der Waals surface area contributed by atoms with Crippen LogP contribution in [0, 0.1) is 6.92 Å². The molecule has 0 saturated carbocycles. The Kier molecular flexibility index (Phi) is 6.35. The summed E-state index contributed by atoms with van der Waals surface area (Å²) in [6, 6.07) is 26.7. The van der Waals surface area contributed by atoms with Crippen molar-refractivity contribution in [1.29, 1.82) is 0 Å². The number of anilines is 1. The molecule has 168 valence electrons. The monoisotopic (exact) mass is 440 g/mol. The van der Waals surface area contributed by atoms with Gasteiger partial charge in [-0.05, 0) is 48.9 Å². The van der Waals surface area contributed by atoms with Crippen LogP contribution in [0.3, 0.4) is 0 Å². The smallest absolute Gasteiger partial charge is 0.241 e. The van der Waals surface area contributed by atoms with E-state index in [1.807, 2.05) is 42.5 Å². The first-order chi connectivity index (χ1) is 16.2. The van der Waals surface area contributed by atoms with Crippen molar-refractivity contribution in [2.45, 2.75) is 20.1 Å². The molecule has 0 amide bonds. The largest absolute Gasteiger partial charge is 0.489 e. The summed E-state index contributed by atoms with van der Waals surface area (Å²) in [5.74, 6) is 2.08. The van der Waals surface area contributed by atoms with Crippen molar-refractivity contribution in [3.63, 3.8) is 0 Å². The molecule has 2 heterocycles. The normalized spacial score (nSPS) is 14.4. The van der Waals surface area contributed by atoms with Crippen molar-refractivity contribution in [2.75, 3.05) is 31.1 Å². The summed E-state index contributed by atoms with van der Waals surface area (Å²) < 4.78 is 11.4. The highest BCUT2D eigenvalue weighted by molar-refractivity contribution is 5.55. The number of rotatable bonds is 7. The third-order valence-electron chi connectivity index (χ3n) is 5.96. The van der Waals surface area contributed by atoms with E-state index in [0.29, 0.717) is 24.9 Å². The lowest BCUT2D eigenvalue weighted by atomic mass is 10.2. The van der Waals surface area contributed by atoms with Gasteiger partial charge in [-0.1, -0.05) is 53.2 Å². The Morgan fingerprint density at radius 1 is 0.848 bits per heavy atom. The molecule has 33 heavy (non-hydrogen) atoms. The van der Waals surface area contributed by atoms with Crippen molar-refractivity contribution in [3.05, 3.63) is 95.9 Å². The lowest BCUT2D eigenvalue weighted by Crippen LogP contribution is -2.46. The van der Waals surface area contributed by atoms with E-state index < -0.39 is 0 Å². The van der Waals surface area contributed by atoms with Gasteiger partial charge in [0.15, 0.2) is 0 Å². The number of benzene rings is 3. The molecule has 6 heteroatoms. The molecular formula is C27H28N4O2. The molecule has 0 spiro atoms. The first-order valence-electron chi connectivity index (χ1n) is 11.4. The summed E-state index contributed by atoms with van der Waals surface area (Å²) in [6.07, 6.45) is 0. The van der Waals surface area contributed by atoms with Gasteiger partial charge in [-0.25, -0.2) is 0 Å². The lowest BCUT2D eigenvalue weighted by molar-refractivity contribution is 0.215. The fourth-order valence-corrected chi connectivity index (χ4v) is 3.99. The van der Waals surface area contributed by atoms with E-state index >= 15 is 0 Å². The lowest BCUT2D eigenvalue weighted by Gasteiger charge is -2.35. The quantitative estimate of drug-likeness (QED) is 0.405. The van der Waals surface area contributed by atoms with E-state index in [1.165, 1.54) is 11.3 Å². The van der Waals surface area contributed by atoms with Crippen LogP contribution in [0.2, 0.25) is 0 Å². The first-order valence-corrected chi connectivity index (χ1v) is 11.4. The standard InChI is InChI=1S/C27H28N4O2/c1-21-7-11-24(12-8-21)31-17-15-30(16-18-31)19-26-28-27(29-33-26)23-9-13-25(14-10-23)32-20-22-5-3-2-4-6-22/h2-14H,15-20H2,1H3. The van der Waals surface area contributed by atoms with Crippen molar-refractivity contribution >= 4 is 5.69 Å². The molecule has 1 fully saturated rings. The molecule has 4 aromatic rings. The Labute approximate surface area is 194 Å². The van der Waals surface area contributed by atoms with E-state index in [2.05, 4.69) is 63.3 Å². The van der Waals surface area contributed by atoms with Crippen LogP contribution in [0.15, 0.2) is 83.4 Å². The van der Waals surface area contributed by atoms with E-state index in [4.69, 9.17) is 9.26 Å². The van der Waals surface area contributed by atoms with Gasteiger partial charge in [-0.3, -0.25) is 4.90 Å².